The van der Waals surface area contributed by atoms with Gasteiger partial charge in [0.2, 0.25) is 0 Å². The first-order valence-corrected chi connectivity index (χ1v) is 9.74. The Hall–Kier alpha value is -3.75. The molecular weight excluding hydrogens is 387 g/mol. The number of rotatable bonds is 3. The van der Waals surface area contributed by atoms with Crippen LogP contribution in [0.2, 0.25) is 0 Å². The van der Waals surface area contributed by atoms with Crippen molar-refractivity contribution in [3.8, 4) is 16.9 Å². The van der Waals surface area contributed by atoms with Crippen molar-refractivity contribution in [2.24, 2.45) is 0 Å². The van der Waals surface area contributed by atoms with E-state index < -0.39 is 11.4 Å². The predicted octanol–water partition coefficient (Wildman–Crippen LogP) is 3.42. The molecule has 0 saturated heterocycles. The fourth-order valence-corrected chi connectivity index (χ4v) is 4.01. The van der Waals surface area contributed by atoms with Crippen LogP contribution < -0.4 is 26.7 Å². The standard InChI is InChI=1S/C21H21FN6O2/c1-9(2)30-14-7-11-15(10-3-4-13(22)17-12(10)8-26-28-17)16(23)21(29)27-18(11)20-19(14)24-5-6-25-20/h3-4,7-9,24-25H,5-6,23H2,1-2H3,(H,26,28)(H,27,29). The molecule has 3 heterocycles. The average molecular weight is 408 g/mol. The van der Waals surface area contributed by atoms with Crippen LogP contribution in [0, 0.1) is 5.82 Å². The summed E-state index contributed by atoms with van der Waals surface area (Å²) in [5.41, 5.74) is 9.45. The minimum atomic E-state index is -0.425. The van der Waals surface area contributed by atoms with Crippen molar-refractivity contribution in [2.75, 3.05) is 29.5 Å². The van der Waals surface area contributed by atoms with Crippen LogP contribution in [0.3, 0.4) is 0 Å². The number of H-pyrrole nitrogens is 2. The van der Waals surface area contributed by atoms with Gasteiger partial charge in [-0.25, -0.2) is 4.39 Å². The van der Waals surface area contributed by atoms with Crippen molar-refractivity contribution in [3.63, 3.8) is 0 Å². The molecule has 0 bridgehead atoms. The van der Waals surface area contributed by atoms with Gasteiger partial charge in [0.15, 0.2) is 0 Å². The fourth-order valence-electron chi connectivity index (χ4n) is 4.01. The van der Waals surface area contributed by atoms with E-state index in [1.54, 1.807) is 6.07 Å². The maximum absolute atomic E-state index is 14.2. The third-order valence-corrected chi connectivity index (χ3v) is 5.24. The van der Waals surface area contributed by atoms with Crippen molar-refractivity contribution in [3.05, 3.63) is 40.6 Å². The number of fused-ring (bicyclic) bond motifs is 4. The Kier molecular flexibility index (Phi) is 4.05. The van der Waals surface area contributed by atoms with E-state index in [9.17, 15) is 9.18 Å². The molecule has 0 radical (unpaired) electrons. The molecule has 1 aliphatic heterocycles. The van der Waals surface area contributed by atoms with Crippen LogP contribution in [0.15, 0.2) is 29.2 Å². The van der Waals surface area contributed by atoms with Crippen molar-refractivity contribution in [1.29, 1.82) is 0 Å². The Morgan fingerprint density at radius 1 is 1.13 bits per heavy atom. The molecule has 5 rings (SSSR count). The molecule has 30 heavy (non-hydrogen) atoms. The number of nitrogens with one attached hydrogen (secondary N) is 4. The molecule has 2 aromatic carbocycles. The van der Waals surface area contributed by atoms with E-state index in [0.29, 0.717) is 39.7 Å². The van der Waals surface area contributed by atoms with Gasteiger partial charge in [-0.1, -0.05) is 6.07 Å². The lowest BCUT2D eigenvalue weighted by Gasteiger charge is -2.26. The number of nitrogens with two attached hydrogens (primary N) is 1. The molecule has 0 amide bonds. The Balaban J connectivity index is 1.92. The molecule has 0 fully saturated rings. The molecule has 6 N–H and O–H groups in total. The highest BCUT2D eigenvalue weighted by molar-refractivity contribution is 6.13. The van der Waals surface area contributed by atoms with Crippen LogP contribution in [0.5, 0.6) is 5.75 Å². The smallest absolute Gasteiger partial charge is 0.272 e. The zero-order valence-electron chi connectivity index (χ0n) is 16.5. The van der Waals surface area contributed by atoms with Gasteiger partial charge in [0, 0.05) is 29.4 Å². The second kappa shape index (κ2) is 6.65. The molecule has 154 valence electrons. The minimum Gasteiger partial charge on any atom is -0.489 e. The van der Waals surface area contributed by atoms with Crippen molar-refractivity contribution >= 4 is 38.9 Å². The third-order valence-electron chi connectivity index (χ3n) is 5.24. The largest absolute Gasteiger partial charge is 0.489 e. The highest BCUT2D eigenvalue weighted by Gasteiger charge is 2.24. The second-order valence-corrected chi connectivity index (χ2v) is 7.56. The summed E-state index contributed by atoms with van der Waals surface area (Å²) in [4.78, 5) is 15.7. The number of nitrogens with zero attached hydrogens (tertiary/aromatic N) is 1. The van der Waals surface area contributed by atoms with E-state index in [4.69, 9.17) is 10.5 Å². The number of ether oxygens (including phenoxy) is 1. The Labute approximate surface area is 170 Å². The van der Waals surface area contributed by atoms with Crippen LogP contribution in [0.1, 0.15) is 13.8 Å². The zero-order valence-corrected chi connectivity index (χ0v) is 16.5. The normalized spacial score (nSPS) is 13.3. The molecule has 0 atom stereocenters. The number of benzene rings is 2. The van der Waals surface area contributed by atoms with Gasteiger partial charge in [-0.15, -0.1) is 0 Å². The third kappa shape index (κ3) is 2.66. The lowest BCUT2D eigenvalue weighted by Crippen LogP contribution is -2.23. The lowest BCUT2D eigenvalue weighted by atomic mass is 9.95. The Bertz CT molecular complexity index is 1360. The monoisotopic (exact) mass is 408 g/mol. The quantitative estimate of drug-likeness (QED) is 0.354. The molecular formula is C21H21FN6O2. The van der Waals surface area contributed by atoms with E-state index >= 15 is 0 Å². The highest BCUT2D eigenvalue weighted by atomic mass is 19.1. The average Bonchev–Trinajstić information content (AvgIpc) is 3.22. The van der Waals surface area contributed by atoms with Crippen LogP contribution in [0.4, 0.5) is 21.5 Å². The van der Waals surface area contributed by atoms with Gasteiger partial charge < -0.3 is 26.1 Å². The summed E-state index contributed by atoms with van der Waals surface area (Å²) in [6.07, 6.45) is 1.48. The Morgan fingerprint density at radius 2 is 1.90 bits per heavy atom. The molecule has 0 unspecified atom stereocenters. The summed E-state index contributed by atoms with van der Waals surface area (Å²) in [6, 6.07) is 4.82. The summed E-state index contributed by atoms with van der Waals surface area (Å²) in [6.45, 7) is 5.32. The number of aromatic nitrogens is 3. The number of nitrogen functional groups attached to an aromatic ring is 1. The number of pyridine rings is 1. The minimum absolute atomic E-state index is 0.0507. The summed E-state index contributed by atoms with van der Waals surface area (Å²) in [5.74, 6) is 0.226. The summed E-state index contributed by atoms with van der Waals surface area (Å²) in [7, 11) is 0. The van der Waals surface area contributed by atoms with Gasteiger partial charge in [-0.2, -0.15) is 5.10 Å². The van der Waals surface area contributed by atoms with Crippen LogP contribution in [-0.2, 0) is 0 Å². The Morgan fingerprint density at radius 3 is 2.67 bits per heavy atom. The molecule has 0 aliphatic carbocycles. The van der Waals surface area contributed by atoms with Crippen LogP contribution >= 0.6 is 0 Å². The van der Waals surface area contributed by atoms with Gasteiger partial charge in [0.1, 0.15) is 28.5 Å². The first-order valence-electron chi connectivity index (χ1n) is 9.74. The van der Waals surface area contributed by atoms with Gasteiger partial charge in [0.25, 0.3) is 5.56 Å². The summed E-state index contributed by atoms with van der Waals surface area (Å²) in [5, 5.41) is 14.6. The maximum atomic E-state index is 14.2. The predicted molar refractivity (Wildman–Crippen MR) is 117 cm³/mol. The molecule has 4 aromatic rings. The van der Waals surface area contributed by atoms with E-state index in [1.165, 1.54) is 12.3 Å². The van der Waals surface area contributed by atoms with Gasteiger partial charge in [-0.3, -0.25) is 9.89 Å². The van der Waals surface area contributed by atoms with E-state index in [-0.39, 0.29) is 17.3 Å². The highest BCUT2D eigenvalue weighted by Crippen LogP contribution is 2.45. The van der Waals surface area contributed by atoms with E-state index in [2.05, 4.69) is 25.8 Å². The number of hydrogen-bond donors (Lipinski definition) is 5. The van der Waals surface area contributed by atoms with E-state index in [0.717, 1.165) is 17.9 Å². The van der Waals surface area contributed by atoms with Crippen molar-refractivity contribution < 1.29 is 9.13 Å². The number of halogens is 1. The SMILES string of the molecule is CC(C)Oc1cc2c(-c3ccc(F)c4[nH]ncc34)c(N)c(=O)[nH]c2c2c1NCCN2. The fraction of sp³-hybridized carbons (Fsp3) is 0.238. The van der Waals surface area contributed by atoms with Crippen molar-refractivity contribution in [2.45, 2.75) is 20.0 Å². The molecule has 0 spiro atoms. The maximum Gasteiger partial charge on any atom is 0.272 e. The number of aromatic amines is 2. The molecule has 0 saturated carbocycles. The topological polar surface area (TPSA) is 121 Å². The van der Waals surface area contributed by atoms with Gasteiger partial charge in [0.05, 0.1) is 23.5 Å². The lowest BCUT2D eigenvalue weighted by molar-refractivity contribution is 0.244. The van der Waals surface area contributed by atoms with Crippen molar-refractivity contribution in [1.82, 2.24) is 15.2 Å². The van der Waals surface area contributed by atoms with Gasteiger partial charge in [-0.05, 0) is 31.5 Å². The van der Waals surface area contributed by atoms with E-state index in [1.807, 2.05) is 19.9 Å². The summed E-state index contributed by atoms with van der Waals surface area (Å²) < 4.78 is 20.3. The molecule has 2 aromatic heterocycles. The number of anilines is 3. The number of hydrogen-bond acceptors (Lipinski definition) is 6. The molecule has 1 aliphatic rings. The van der Waals surface area contributed by atoms with Crippen LogP contribution in [0.25, 0.3) is 32.9 Å². The van der Waals surface area contributed by atoms with Crippen LogP contribution in [-0.4, -0.2) is 34.4 Å². The summed E-state index contributed by atoms with van der Waals surface area (Å²) >= 11 is 0. The first kappa shape index (κ1) is 18.3. The first-order chi connectivity index (χ1) is 14.5. The second-order valence-electron chi connectivity index (χ2n) is 7.56. The molecule has 9 heteroatoms. The zero-order chi connectivity index (χ0) is 21.0. The van der Waals surface area contributed by atoms with Gasteiger partial charge >= 0.3 is 0 Å². The molecule has 8 nitrogen and oxygen atoms in total.